The van der Waals surface area contributed by atoms with Gasteiger partial charge < -0.3 is 35.2 Å². The van der Waals surface area contributed by atoms with Gasteiger partial charge in [-0.05, 0) is 12.2 Å². The maximum absolute atomic E-state index is 14.7. The number of aromatic nitrogens is 2. The standard InChI is InChI=1S/C10H15F3N3O12P3S/c11-3-10(17)6(13)5(26-8(10)16-1-4(12)7(14)15-9(16)32)2-25-30(21,22)28-31(23,24)27-29(18,19)20/h1,5-6,8,17H,2-3H2,(H,21,22)(H,23,24)(H2,14,15,32)(H2,18,19,20)/t5?,6-,8+,10?/m0/s1. The quantitative estimate of drug-likeness (QED) is 0.182. The molecule has 184 valence electrons. The number of anilines is 1. The van der Waals surface area contributed by atoms with Gasteiger partial charge in [0.1, 0.15) is 12.8 Å². The second kappa shape index (κ2) is 9.46. The number of nitrogen functional groups attached to an aromatic ring is 1. The van der Waals surface area contributed by atoms with Crippen LogP contribution in [-0.4, -0.2) is 65.4 Å². The molecule has 4 unspecified atom stereocenters. The molecule has 1 aliphatic heterocycles. The van der Waals surface area contributed by atoms with Crippen molar-refractivity contribution in [2.45, 2.75) is 24.1 Å². The Hall–Kier alpha value is -0.780. The number of phosphoric acid groups is 3. The molecule has 0 bridgehead atoms. The van der Waals surface area contributed by atoms with E-state index in [0.29, 0.717) is 10.8 Å². The number of hydrogen-bond donors (Lipinski definition) is 6. The summed E-state index contributed by atoms with van der Waals surface area (Å²) in [6, 6.07) is 0. The number of aliphatic hydroxyl groups is 1. The van der Waals surface area contributed by atoms with Gasteiger partial charge >= 0.3 is 23.5 Å². The van der Waals surface area contributed by atoms with Crippen LogP contribution in [0.1, 0.15) is 6.23 Å². The Morgan fingerprint density at radius 3 is 2.38 bits per heavy atom. The third kappa shape index (κ3) is 6.42. The molecule has 1 aromatic heterocycles. The van der Waals surface area contributed by atoms with E-state index in [0.717, 1.165) is 0 Å². The number of nitrogens with two attached hydrogens (primary N) is 1. The van der Waals surface area contributed by atoms with E-state index >= 15 is 0 Å². The minimum Gasteiger partial charge on any atom is -0.381 e. The number of nitrogens with zero attached hydrogens (tertiary/aromatic N) is 2. The Kier molecular flexibility index (Phi) is 8.12. The molecule has 0 saturated carbocycles. The molecule has 2 heterocycles. The van der Waals surface area contributed by atoms with E-state index in [1.165, 1.54) is 0 Å². The fraction of sp³-hybridized carbons (Fsp3) is 0.600. The van der Waals surface area contributed by atoms with E-state index in [4.69, 9.17) is 37.4 Å². The van der Waals surface area contributed by atoms with Crippen LogP contribution in [0.25, 0.3) is 0 Å². The van der Waals surface area contributed by atoms with Crippen LogP contribution in [0.2, 0.25) is 0 Å². The molecule has 6 atom stereocenters. The Labute approximate surface area is 181 Å². The van der Waals surface area contributed by atoms with E-state index in [1.54, 1.807) is 0 Å². The van der Waals surface area contributed by atoms with E-state index in [1.807, 2.05) is 0 Å². The molecule has 2 rings (SSSR count). The van der Waals surface area contributed by atoms with Crippen molar-refractivity contribution in [3.8, 4) is 0 Å². The predicted molar refractivity (Wildman–Crippen MR) is 97.0 cm³/mol. The van der Waals surface area contributed by atoms with Crippen molar-refractivity contribution in [2.24, 2.45) is 0 Å². The summed E-state index contributed by atoms with van der Waals surface area (Å²) >= 11 is 4.79. The van der Waals surface area contributed by atoms with Gasteiger partial charge in [-0.2, -0.15) is 13.6 Å². The lowest BCUT2D eigenvalue weighted by molar-refractivity contribution is -0.112. The third-order valence-corrected chi connectivity index (χ3v) is 7.86. The van der Waals surface area contributed by atoms with Crippen molar-refractivity contribution in [2.75, 3.05) is 19.0 Å². The molecule has 0 amide bonds. The lowest BCUT2D eigenvalue weighted by Gasteiger charge is -2.28. The van der Waals surface area contributed by atoms with Crippen LogP contribution in [0.5, 0.6) is 0 Å². The second-order valence-electron chi connectivity index (χ2n) is 6.10. The molecule has 1 aliphatic rings. The van der Waals surface area contributed by atoms with Crippen LogP contribution in [0, 0.1) is 10.6 Å². The number of phosphoric ester groups is 1. The molecule has 7 N–H and O–H groups in total. The summed E-state index contributed by atoms with van der Waals surface area (Å²) < 4.78 is 91.7. The molecule has 0 radical (unpaired) electrons. The maximum Gasteiger partial charge on any atom is 0.490 e. The first-order valence-corrected chi connectivity index (χ1v) is 12.7. The van der Waals surface area contributed by atoms with Crippen LogP contribution in [0.3, 0.4) is 0 Å². The smallest absolute Gasteiger partial charge is 0.381 e. The Morgan fingerprint density at radius 1 is 1.25 bits per heavy atom. The number of halogens is 3. The molecule has 32 heavy (non-hydrogen) atoms. The van der Waals surface area contributed by atoms with E-state index in [2.05, 4.69) is 18.1 Å². The molecule has 22 heteroatoms. The topological polar surface area (TPSA) is 233 Å². The minimum absolute atomic E-state index is 0.526. The minimum atomic E-state index is -5.85. The highest BCUT2D eigenvalue weighted by molar-refractivity contribution is 7.71. The zero-order valence-corrected chi connectivity index (χ0v) is 18.7. The summed E-state index contributed by atoms with van der Waals surface area (Å²) in [6.07, 6.45) is -6.29. The summed E-state index contributed by atoms with van der Waals surface area (Å²) in [5, 5.41) is 10.3. The number of rotatable bonds is 9. The monoisotopic (exact) mass is 551 g/mol. The predicted octanol–water partition coefficient (Wildman–Crippen LogP) is 0.613. The van der Waals surface area contributed by atoms with Gasteiger partial charge in [-0.15, -0.1) is 0 Å². The van der Waals surface area contributed by atoms with Crippen LogP contribution < -0.4 is 5.73 Å². The number of hydrogen-bond acceptors (Lipinski definition) is 11. The number of alkyl halides is 2. The Morgan fingerprint density at radius 2 is 1.84 bits per heavy atom. The molecule has 1 saturated heterocycles. The van der Waals surface area contributed by atoms with Gasteiger partial charge in [-0.3, -0.25) is 9.09 Å². The summed E-state index contributed by atoms with van der Waals surface area (Å²) in [7, 11) is -17.2. The van der Waals surface area contributed by atoms with Crippen molar-refractivity contribution in [3.05, 3.63) is 16.8 Å². The SMILES string of the molecule is Nc1nc(=S)n([C@@H]2OC(COP(=O)(O)OP(=O)(O)OP(=O)(O)O)[C@H](F)C2(O)CF)cc1F. The lowest BCUT2D eigenvalue weighted by Crippen LogP contribution is -2.47. The van der Waals surface area contributed by atoms with E-state index < -0.39 is 77.3 Å². The summed E-state index contributed by atoms with van der Waals surface area (Å²) in [5.74, 6) is -1.84. The van der Waals surface area contributed by atoms with Crippen LogP contribution in [0.4, 0.5) is 19.0 Å². The summed E-state index contributed by atoms with van der Waals surface area (Å²) in [5.41, 5.74) is 2.19. The zero-order valence-electron chi connectivity index (χ0n) is 15.2. The highest BCUT2D eigenvalue weighted by atomic mass is 32.1. The highest BCUT2D eigenvalue weighted by Gasteiger charge is 2.58. The fourth-order valence-electron chi connectivity index (χ4n) is 2.48. The van der Waals surface area contributed by atoms with Crippen molar-refractivity contribution in [3.63, 3.8) is 0 Å². The van der Waals surface area contributed by atoms with Gasteiger partial charge in [0, 0.05) is 6.20 Å². The first kappa shape index (κ1) is 27.5. The molecule has 15 nitrogen and oxygen atoms in total. The molecular weight excluding hydrogens is 536 g/mol. The second-order valence-corrected chi connectivity index (χ2v) is 10.9. The fourth-order valence-corrected chi connectivity index (χ4v) is 5.75. The average Bonchev–Trinajstić information content (AvgIpc) is 2.85. The van der Waals surface area contributed by atoms with Crippen molar-refractivity contribution in [1.82, 2.24) is 9.55 Å². The first-order chi connectivity index (χ1) is 14.4. The lowest BCUT2D eigenvalue weighted by atomic mass is 9.97. The Balaban J connectivity index is 2.21. The van der Waals surface area contributed by atoms with E-state index in [9.17, 15) is 36.9 Å². The van der Waals surface area contributed by atoms with Gasteiger partial charge in [0.05, 0.1) is 6.61 Å². The normalized spacial score (nSPS) is 30.1. The van der Waals surface area contributed by atoms with Crippen LogP contribution in [-0.2, 0) is 31.6 Å². The molecule has 0 aromatic carbocycles. The van der Waals surface area contributed by atoms with Gasteiger partial charge in [0.15, 0.2) is 29.6 Å². The van der Waals surface area contributed by atoms with Gasteiger partial charge in [0.2, 0.25) is 4.77 Å². The van der Waals surface area contributed by atoms with Crippen LogP contribution >= 0.6 is 35.7 Å². The van der Waals surface area contributed by atoms with Gasteiger partial charge in [-0.1, -0.05) is 0 Å². The highest BCUT2D eigenvalue weighted by Crippen LogP contribution is 2.66. The van der Waals surface area contributed by atoms with Crippen molar-refractivity contribution < 1.29 is 69.4 Å². The largest absolute Gasteiger partial charge is 0.490 e. The van der Waals surface area contributed by atoms with Crippen LogP contribution in [0.15, 0.2) is 6.20 Å². The third-order valence-electron chi connectivity index (χ3n) is 3.75. The Bertz CT molecular complexity index is 1070. The first-order valence-electron chi connectivity index (χ1n) is 7.81. The van der Waals surface area contributed by atoms with Gasteiger partial charge in [-0.25, -0.2) is 26.9 Å². The van der Waals surface area contributed by atoms with Gasteiger partial charge in [0.25, 0.3) is 0 Å². The summed E-state index contributed by atoms with van der Waals surface area (Å²) in [4.78, 5) is 38.8. The van der Waals surface area contributed by atoms with Crippen molar-refractivity contribution >= 4 is 41.5 Å². The zero-order chi connectivity index (χ0) is 24.7. The maximum atomic E-state index is 14.7. The molecule has 0 spiro atoms. The molecule has 0 aliphatic carbocycles. The number of ether oxygens (including phenoxy) is 1. The van der Waals surface area contributed by atoms with Crippen molar-refractivity contribution in [1.29, 1.82) is 0 Å². The average molecular weight is 551 g/mol. The van der Waals surface area contributed by atoms with E-state index in [-0.39, 0.29) is 0 Å². The summed E-state index contributed by atoms with van der Waals surface area (Å²) in [6.45, 7) is -3.17. The molecule has 1 aromatic rings. The molecular formula is C10H15F3N3O12P3S. The molecule has 1 fully saturated rings.